The average Bonchev–Trinajstić information content (AvgIpc) is 2.97. The Morgan fingerprint density at radius 3 is 1.76 bits per heavy atom. The van der Waals surface area contributed by atoms with Crippen LogP contribution < -0.4 is 4.90 Å². The molecule has 37 heavy (non-hydrogen) atoms. The summed E-state index contributed by atoms with van der Waals surface area (Å²) in [5.74, 6) is 0. The fraction of sp³-hybridized carbons (Fsp3) is 0. The molecule has 0 unspecified atom stereocenters. The Hall–Kier alpha value is -5.88. The fourth-order valence-corrected chi connectivity index (χ4v) is 4.40. The van der Waals surface area contributed by atoms with Gasteiger partial charge in [-0.05, 0) is 53.6 Å². The van der Waals surface area contributed by atoms with Crippen LogP contribution in [0.2, 0.25) is 0 Å². The summed E-state index contributed by atoms with van der Waals surface area (Å²) >= 11 is 0. The van der Waals surface area contributed by atoms with Crippen LogP contribution in [0.3, 0.4) is 0 Å². The molecule has 0 bridgehead atoms. The van der Waals surface area contributed by atoms with E-state index in [2.05, 4.69) is 23.1 Å². The quantitative estimate of drug-likeness (QED) is 0.248. The van der Waals surface area contributed by atoms with E-state index in [9.17, 15) is 15.8 Å². The van der Waals surface area contributed by atoms with E-state index in [1.165, 1.54) is 0 Å². The van der Waals surface area contributed by atoms with E-state index in [0.29, 0.717) is 22.4 Å². The molecule has 0 amide bonds. The maximum Gasteiger partial charge on any atom is 0.187 e. The predicted octanol–water partition coefficient (Wildman–Crippen LogP) is 8.14. The number of hydrogen-bond acceptors (Lipinski definition) is 4. The molecule has 5 aromatic rings. The lowest BCUT2D eigenvalue weighted by molar-refractivity contribution is 1.28. The first-order valence-corrected chi connectivity index (χ1v) is 11.4. The van der Waals surface area contributed by atoms with E-state index in [1.807, 2.05) is 77.7 Å². The first-order chi connectivity index (χ1) is 18.2. The molecule has 0 radical (unpaired) electrons. The molecular weight excluding hydrogens is 454 g/mol. The van der Waals surface area contributed by atoms with Gasteiger partial charge in [0.2, 0.25) is 0 Å². The highest BCUT2D eigenvalue weighted by Gasteiger charge is 2.18. The summed E-state index contributed by atoms with van der Waals surface area (Å²) in [6.07, 6.45) is 0. The first-order valence-electron chi connectivity index (χ1n) is 11.4. The Balaban J connectivity index is 1.70. The zero-order valence-electron chi connectivity index (χ0n) is 19.6. The SMILES string of the molecule is [C-]#[N+]c1ccc(-c2ccc(N(c3ccc(C#N)c(C#N)c3)c3ccc(C#N)c4ccccc34)cc2)cc1. The van der Waals surface area contributed by atoms with Crippen LogP contribution >= 0.6 is 0 Å². The molecule has 0 aliphatic rings. The van der Waals surface area contributed by atoms with Gasteiger partial charge in [0.25, 0.3) is 0 Å². The van der Waals surface area contributed by atoms with Crippen molar-refractivity contribution in [2.75, 3.05) is 4.90 Å². The van der Waals surface area contributed by atoms with Gasteiger partial charge >= 0.3 is 0 Å². The molecule has 0 atom stereocenters. The van der Waals surface area contributed by atoms with E-state index < -0.39 is 0 Å². The molecule has 0 saturated heterocycles. The third-order valence-electron chi connectivity index (χ3n) is 6.22. The van der Waals surface area contributed by atoms with Gasteiger partial charge in [0, 0.05) is 22.1 Å². The number of hydrogen-bond donors (Lipinski definition) is 0. The van der Waals surface area contributed by atoms with Gasteiger partial charge < -0.3 is 4.90 Å². The van der Waals surface area contributed by atoms with Gasteiger partial charge in [0.15, 0.2) is 5.69 Å². The van der Waals surface area contributed by atoms with Crippen molar-refractivity contribution in [2.45, 2.75) is 0 Å². The molecule has 5 rings (SSSR count). The minimum atomic E-state index is 0.291. The van der Waals surface area contributed by atoms with Crippen molar-refractivity contribution in [3.05, 3.63) is 131 Å². The largest absolute Gasteiger partial charge is 0.310 e. The lowest BCUT2D eigenvalue weighted by Gasteiger charge is -2.27. The highest BCUT2D eigenvalue weighted by atomic mass is 15.1. The Labute approximate surface area is 214 Å². The number of nitriles is 3. The maximum absolute atomic E-state index is 9.66. The summed E-state index contributed by atoms with van der Waals surface area (Å²) in [5, 5.41) is 30.5. The van der Waals surface area contributed by atoms with Crippen LogP contribution in [0.25, 0.3) is 26.7 Å². The van der Waals surface area contributed by atoms with Gasteiger partial charge in [0.1, 0.15) is 12.1 Å². The fourth-order valence-electron chi connectivity index (χ4n) is 4.40. The lowest BCUT2D eigenvalue weighted by atomic mass is 10.0. The topological polar surface area (TPSA) is 79.0 Å². The van der Waals surface area contributed by atoms with Crippen molar-refractivity contribution in [2.24, 2.45) is 0 Å². The van der Waals surface area contributed by atoms with Crippen LogP contribution in [0.4, 0.5) is 22.7 Å². The molecule has 5 nitrogen and oxygen atoms in total. The van der Waals surface area contributed by atoms with Crippen LogP contribution in [0.1, 0.15) is 16.7 Å². The molecule has 170 valence electrons. The van der Waals surface area contributed by atoms with Gasteiger partial charge in [-0.2, -0.15) is 15.8 Å². The Bertz CT molecular complexity index is 1810. The first kappa shape index (κ1) is 22.9. The molecule has 0 heterocycles. The number of benzene rings is 5. The molecule has 0 aliphatic heterocycles. The summed E-state index contributed by atoms with van der Waals surface area (Å²) in [4.78, 5) is 5.48. The molecular formula is C32H17N5. The van der Waals surface area contributed by atoms with E-state index >= 15 is 0 Å². The minimum Gasteiger partial charge on any atom is -0.310 e. The van der Waals surface area contributed by atoms with E-state index in [4.69, 9.17) is 6.57 Å². The van der Waals surface area contributed by atoms with Crippen LogP contribution in [-0.2, 0) is 0 Å². The standard InChI is InChI=1S/C32H17N5/c1-36-27-12-6-22(7-13-27)23-8-14-28(15-9-23)37(29-16-10-24(19-33)26(18-29)21-35)32-17-11-25(20-34)30-4-2-3-5-31(30)32/h2-18H. The summed E-state index contributed by atoms with van der Waals surface area (Å²) in [6, 6.07) is 38.5. The monoisotopic (exact) mass is 471 g/mol. The van der Waals surface area contributed by atoms with Crippen LogP contribution in [0.15, 0.2) is 103 Å². The number of anilines is 3. The number of nitrogens with zero attached hydrogens (tertiary/aromatic N) is 5. The van der Waals surface area contributed by atoms with Crippen LogP contribution in [0, 0.1) is 40.6 Å². The van der Waals surface area contributed by atoms with Gasteiger partial charge in [0.05, 0.1) is 35.0 Å². The van der Waals surface area contributed by atoms with Gasteiger partial charge in [-0.25, -0.2) is 4.85 Å². The van der Waals surface area contributed by atoms with Crippen molar-refractivity contribution in [3.8, 4) is 29.3 Å². The number of fused-ring (bicyclic) bond motifs is 1. The molecule has 0 spiro atoms. The predicted molar refractivity (Wildman–Crippen MR) is 144 cm³/mol. The highest BCUT2D eigenvalue weighted by molar-refractivity contribution is 6.01. The maximum atomic E-state index is 9.66. The minimum absolute atomic E-state index is 0.291. The zero-order valence-corrected chi connectivity index (χ0v) is 19.6. The van der Waals surface area contributed by atoms with Crippen LogP contribution in [-0.4, -0.2) is 0 Å². The second-order valence-electron chi connectivity index (χ2n) is 8.28. The van der Waals surface area contributed by atoms with Crippen molar-refractivity contribution in [3.63, 3.8) is 0 Å². The normalized spacial score (nSPS) is 10.1. The number of rotatable bonds is 4. The Kier molecular flexibility index (Phi) is 6.05. The van der Waals surface area contributed by atoms with Crippen LogP contribution in [0.5, 0.6) is 0 Å². The molecule has 0 aliphatic carbocycles. The summed E-state index contributed by atoms with van der Waals surface area (Å²) in [7, 11) is 0. The third-order valence-corrected chi connectivity index (χ3v) is 6.22. The van der Waals surface area contributed by atoms with Crippen molar-refractivity contribution in [1.82, 2.24) is 0 Å². The second-order valence-corrected chi connectivity index (χ2v) is 8.28. The molecule has 5 heteroatoms. The second kappa shape index (κ2) is 9.77. The van der Waals surface area contributed by atoms with Crippen molar-refractivity contribution in [1.29, 1.82) is 15.8 Å². The van der Waals surface area contributed by atoms with E-state index in [1.54, 1.807) is 30.3 Å². The summed E-state index contributed by atoms with van der Waals surface area (Å²) in [6.45, 7) is 7.16. The van der Waals surface area contributed by atoms with Gasteiger partial charge in [-0.3, -0.25) is 0 Å². The Morgan fingerprint density at radius 2 is 1.14 bits per heavy atom. The third kappa shape index (κ3) is 4.22. The summed E-state index contributed by atoms with van der Waals surface area (Å²) < 4.78 is 0. The molecule has 0 N–H and O–H groups in total. The molecule has 0 saturated carbocycles. The average molecular weight is 472 g/mol. The van der Waals surface area contributed by atoms with Crippen molar-refractivity contribution >= 4 is 33.5 Å². The highest BCUT2D eigenvalue weighted by Crippen LogP contribution is 2.40. The van der Waals surface area contributed by atoms with Crippen molar-refractivity contribution < 1.29 is 0 Å². The van der Waals surface area contributed by atoms with Gasteiger partial charge in [-0.15, -0.1) is 0 Å². The van der Waals surface area contributed by atoms with E-state index in [-0.39, 0.29) is 0 Å². The molecule has 0 fully saturated rings. The zero-order chi connectivity index (χ0) is 25.8. The van der Waals surface area contributed by atoms with Gasteiger partial charge in [-0.1, -0.05) is 60.7 Å². The smallest absolute Gasteiger partial charge is 0.187 e. The van der Waals surface area contributed by atoms with E-state index in [0.717, 1.165) is 39.0 Å². The lowest BCUT2D eigenvalue weighted by Crippen LogP contribution is -2.11. The molecule has 5 aromatic carbocycles. The molecule has 0 aromatic heterocycles. The summed E-state index contributed by atoms with van der Waals surface area (Å²) in [5.41, 5.74) is 6.20. The Morgan fingerprint density at radius 1 is 0.568 bits per heavy atom.